The van der Waals surface area contributed by atoms with E-state index in [2.05, 4.69) is 0 Å². The van der Waals surface area contributed by atoms with E-state index < -0.39 is 42.0 Å². The third kappa shape index (κ3) is 1.57. The topological polar surface area (TPSA) is 0 Å². The van der Waals surface area contributed by atoms with Gasteiger partial charge in [0.25, 0.3) is 5.67 Å². The molecular weight excluding hydrogens is 312 g/mol. The zero-order valence-corrected chi connectivity index (χ0v) is 8.24. The summed E-state index contributed by atoms with van der Waals surface area (Å²) in [6.07, 6.45) is -10.7. The molecule has 0 bridgehead atoms. The number of alkyl halides is 12. The van der Waals surface area contributed by atoms with Gasteiger partial charge in [-0.3, -0.25) is 0 Å². The van der Waals surface area contributed by atoms with Crippen LogP contribution in [0.25, 0.3) is 0 Å². The van der Waals surface area contributed by atoms with E-state index in [-0.39, 0.29) is 0 Å². The van der Waals surface area contributed by atoms with Crippen LogP contribution in [-0.4, -0.2) is 35.5 Å². The van der Waals surface area contributed by atoms with Crippen LogP contribution in [-0.2, 0) is 0 Å². The molecule has 0 aromatic heterocycles. The molecule has 114 valence electrons. The molecule has 1 unspecified atom stereocenters. The van der Waals surface area contributed by atoms with Crippen LogP contribution in [0.15, 0.2) is 0 Å². The molecular formula is C7H2F12. The standard InChI is InChI=1S/C7H2F12/c8-2(7(17,18)19)1-3(9,10)5(13,14)6(15,16)4(2,11)12/h1H2. The van der Waals surface area contributed by atoms with Crippen molar-refractivity contribution in [1.29, 1.82) is 0 Å². The largest absolute Gasteiger partial charge is 0.429 e. The maximum atomic E-state index is 13.0. The molecule has 0 N–H and O–H groups in total. The molecule has 0 aromatic rings. The average molecular weight is 314 g/mol. The van der Waals surface area contributed by atoms with E-state index in [4.69, 9.17) is 0 Å². The SMILES string of the molecule is FC(F)(F)C1(F)CC(F)(F)C(F)(F)C(F)(F)C1(F)F. The first-order chi connectivity index (χ1) is 7.96. The third-order valence-electron chi connectivity index (χ3n) is 2.66. The Hall–Kier alpha value is -0.840. The van der Waals surface area contributed by atoms with Crippen LogP contribution in [0, 0.1) is 0 Å². The Morgan fingerprint density at radius 2 is 0.947 bits per heavy atom. The second kappa shape index (κ2) is 3.43. The molecule has 0 spiro atoms. The predicted molar refractivity (Wildman–Crippen MR) is 34.3 cm³/mol. The Morgan fingerprint density at radius 1 is 0.579 bits per heavy atom. The summed E-state index contributed by atoms with van der Waals surface area (Å²) in [6.45, 7) is 0. The summed E-state index contributed by atoms with van der Waals surface area (Å²) >= 11 is 0. The first kappa shape index (κ1) is 16.2. The van der Waals surface area contributed by atoms with E-state index in [1.807, 2.05) is 0 Å². The van der Waals surface area contributed by atoms with Crippen LogP contribution in [0.5, 0.6) is 0 Å². The summed E-state index contributed by atoms with van der Waals surface area (Å²) in [5.74, 6) is -27.4. The minimum Gasteiger partial charge on any atom is -0.226 e. The van der Waals surface area contributed by atoms with Crippen LogP contribution >= 0.6 is 0 Å². The van der Waals surface area contributed by atoms with E-state index in [1.54, 1.807) is 0 Å². The molecule has 0 aromatic carbocycles. The summed E-state index contributed by atoms with van der Waals surface area (Å²) < 4.78 is 150. The lowest BCUT2D eigenvalue weighted by molar-refractivity contribution is -0.456. The highest BCUT2D eigenvalue weighted by Crippen LogP contribution is 2.67. The molecule has 0 nitrogen and oxygen atoms in total. The first-order valence-electron chi connectivity index (χ1n) is 4.22. The van der Waals surface area contributed by atoms with Gasteiger partial charge in [0.2, 0.25) is 0 Å². The second-order valence-electron chi connectivity index (χ2n) is 3.90. The van der Waals surface area contributed by atoms with Gasteiger partial charge in [0, 0.05) is 0 Å². The lowest BCUT2D eigenvalue weighted by Gasteiger charge is -2.48. The lowest BCUT2D eigenvalue weighted by atomic mass is 9.75. The molecule has 1 saturated carbocycles. The quantitative estimate of drug-likeness (QED) is 0.588. The Balaban J connectivity index is 3.60. The molecule has 1 atom stereocenters. The number of rotatable bonds is 0. The molecule has 19 heavy (non-hydrogen) atoms. The highest BCUT2D eigenvalue weighted by Gasteiger charge is 2.95. The fraction of sp³-hybridized carbons (Fsp3) is 1.00. The van der Waals surface area contributed by atoms with Crippen molar-refractivity contribution in [3.05, 3.63) is 0 Å². The smallest absolute Gasteiger partial charge is 0.226 e. The predicted octanol–water partition coefficient (Wildman–Crippen LogP) is 4.20. The molecule has 0 saturated heterocycles. The van der Waals surface area contributed by atoms with E-state index >= 15 is 0 Å². The molecule has 1 aliphatic rings. The molecule has 12 heteroatoms. The lowest BCUT2D eigenvalue weighted by Crippen LogP contribution is -2.77. The van der Waals surface area contributed by atoms with Crippen molar-refractivity contribution in [2.75, 3.05) is 0 Å². The fourth-order valence-corrected chi connectivity index (χ4v) is 1.48. The first-order valence-corrected chi connectivity index (χ1v) is 4.22. The van der Waals surface area contributed by atoms with Crippen molar-refractivity contribution < 1.29 is 52.7 Å². The van der Waals surface area contributed by atoms with Crippen LogP contribution in [0.1, 0.15) is 6.42 Å². The molecule has 0 heterocycles. The maximum Gasteiger partial charge on any atom is 0.429 e. The van der Waals surface area contributed by atoms with Crippen molar-refractivity contribution >= 4 is 0 Å². The number of hydrogen-bond donors (Lipinski definition) is 0. The van der Waals surface area contributed by atoms with Gasteiger partial charge in [0.15, 0.2) is 0 Å². The van der Waals surface area contributed by atoms with Crippen LogP contribution < -0.4 is 0 Å². The monoisotopic (exact) mass is 314 g/mol. The molecule has 1 aliphatic carbocycles. The summed E-state index contributed by atoms with van der Waals surface area (Å²) in [4.78, 5) is 0. The summed E-state index contributed by atoms with van der Waals surface area (Å²) in [7, 11) is 0. The van der Waals surface area contributed by atoms with Gasteiger partial charge in [-0.05, 0) is 0 Å². The van der Waals surface area contributed by atoms with Crippen molar-refractivity contribution in [3.8, 4) is 0 Å². The van der Waals surface area contributed by atoms with Gasteiger partial charge in [-0.1, -0.05) is 0 Å². The Bertz CT molecular complexity index is 378. The molecule has 0 aliphatic heterocycles. The van der Waals surface area contributed by atoms with E-state index in [9.17, 15) is 52.7 Å². The third-order valence-corrected chi connectivity index (χ3v) is 2.66. The van der Waals surface area contributed by atoms with Gasteiger partial charge in [-0.15, -0.1) is 0 Å². The normalized spacial score (nSPS) is 36.0. The van der Waals surface area contributed by atoms with E-state index in [0.717, 1.165) is 0 Å². The average Bonchev–Trinajstić information content (AvgIpc) is 2.12. The highest BCUT2D eigenvalue weighted by molar-refractivity contribution is 5.20. The second-order valence-corrected chi connectivity index (χ2v) is 3.90. The van der Waals surface area contributed by atoms with Gasteiger partial charge in [0.05, 0.1) is 6.42 Å². The van der Waals surface area contributed by atoms with Gasteiger partial charge in [0.1, 0.15) is 0 Å². The Morgan fingerprint density at radius 3 is 1.26 bits per heavy atom. The fourth-order valence-electron chi connectivity index (χ4n) is 1.48. The van der Waals surface area contributed by atoms with Gasteiger partial charge >= 0.3 is 29.9 Å². The van der Waals surface area contributed by atoms with Crippen molar-refractivity contribution in [2.24, 2.45) is 0 Å². The van der Waals surface area contributed by atoms with Gasteiger partial charge < -0.3 is 0 Å². The summed E-state index contributed by atoms with van der Waals surface area (Å²) in [5, 5.41) is 0. The Kier molecular flexibility index (Phi) is 2.92. The van der Waals surface area contributed by atoms with Crippen LogP contribution in [0.2, 0.25) is 0 Å². The molecule has 0 amide bonds. The minimum absolute atomic E-state index is 3.81. The maximum absolute atomic E-state index is 13.0. The Labute approximate surface area is 95.9 Å². The van der Waals surface area contributed by atoms with Crippen molar-refractivity contribution in [3.63, 3.8) is 0 Å². The number of hydrogen-bond acceptors (Lipinski definition) is 0. The van der Waals surface area contributed by atoms with Crippen LogP contribution in [0.3, 0.4) is 0 Å². The zero-order chi connectivity index (χ0) is 15.7. The molecule has 1 fully saturated rings. The van der Waals surface area contributed by atoms with Crippen molar-refractivity contribution in [1.82, 2.24) is 0 Å². The van der Waals surface area contributed by atoms with Gasteiger partial charge in [-0.25, -0.2) is 4.39 Å². The number of halogens is 12. The summed E-state index contributed by atoms with van der Waals surface area (Å²) in [5.41, 5.74) is -6.48. The van der Waals surface area contributed by atoms with Crippen LogP contribution in [0.4, 0.5) is 52.7 Å². The van der Waals surface area contributed by atoms with Gasteiger partial charge in [-0.2, -0.15) is 48.3 Å². The van der Waals surface area contributed by atoms with E-state index in [0.29, 0.717) is 0 Å². The minimum atomic E-state index is -7.22. The summed E-state index contributed by atoms with van der Waals surface area (Å²) in [6, 6.07) is 0. The highest BCUT2D eigenvalue weighted by atomic mass is 19.4. The zero-order valence-electron chi connectivity index (χ0n) is 8.24. The molecule has 1 rings (SSSR count). The van der Waals surface area contributed by atoms with E-state index in [1.165, 1.54) is 0 Å². The molecule has 0 radical (unpaired) electrons. The van der Waals surface area contributed by atoms with Crippen molar-refractivity contribution in [2.45, 2.75) is 42.0 Å².